The lowest BCUT2D eigenvalue weighted by Gasteiger charge is -2.17. The van der Waals surface area contributed by atoms with Gasteiger partial charge in [0.2, 0.25) is 0 Å². The lowest BCUT2D eigenvalue weighted by molar-refractivity contribution is 0.529. The second-order valence-electron chi connectivity index (χ2n) is 4.75. The molecular formula is C16H18ClFN2. The van der Waals surface area contributed by atoms with Crippen molar-refractivity contribution in [1.29, 1.82) is 0 Å². The maximum absolute atomic E-state index is 13.8. The third-order valence-corrected chi connectivity index (χ3v) is 3.67. The van der Waals surface area contributed by atoms with Crippen LogP contribution in [-0.2, 0) is 12.8 Å². The van der Waals surface area contributed by atoms with E-state index in [-0.39, 0.29) is 11.9 Å². The Bertz CT molecular complexity index is 569. The molecule has 0 bridgehead atoms. The Hall–Kier alpha value is -1.42. The van der Waals surface area contributed by atoms with Crippen LogP contribution in [0.5, 0.6) is 0 Å². The van der Waals surface area contributed by atoms with Crippen LogP contribution in [-0.4, -0.2) is 0 Å². The topological polar surface area (TPSA) is 38.0 Å². The number of rotatable bonds is 5. The highest BCUT2D eigenvalue weighted by Gasteiger charge is 2.13. The number of hydrogen-bond acceptors (Lipinski definition) is 2. The Labute approximate surface area is 123 Å². The maximum atomic E-state index is 13.8. The van der Waals surface area contributed by atoms with Gasteiger partial charge in [0.15, 0.2) is 0 Å². The normalized spacial score (nSPS) is 12.4. The predicted octanol–water partition coefficient (Wildman–Crippen LogP) is 3.79. The third-order valence-electron chi connectivity index (χ3n) is 3.43. The van der Waals surface area contributed by atoms with Crippen LogP contribution in [0.1, 0.15) is 29.7 Å². The van der Waals surface area contributed by atoms with E-state index in [0.29, 0.717) is 17.0 Å². The van der Waals surface area contributed by atoms with Crippen LogP contribution >= 0.6 is 11.6 Å². The van der Waals surface area contributed by atoms with Crippen LogP contribution in [0.3, 0.4) is 0 Å². The average Bonchev–Trinajstić information content (AvgIpc) is 2.47. The van der Waals surface area contributed by atoms with Gasteiger partial charge < -0.3 is 0 Å². The Morgan fingerprint density at radius 1 is 1.20 bits per heavy atom. The van der Waals surface area contributed by atoms with Gasteiger partial charge in [-0.2, -0.15) is 0 Å². The summed E-state index contributed by atoms with van der Waals surface area (Å²) in [5.41, 5.74) is 5.65. The van der Waals surface area contributed by atoms with Crippen molar-refractivity contribution in [1.82, 2.24) is 5.43 Å². The summed E-state index contributed by atoms with van der Waals surface area (Å²) in [7, 11) is 0. The zero-order valence-electron chi connectivity index (χ0n) is 11.4. The molecule has 20 heavy (non-hydrogen) atoms. The van der Waals surface area contributed by atoms with Gasteiger partial charge in [-0.25, -0.2) is 4.39 Å². The summed E-state index contributed by atoms with van der Waals surface area (Å²) in [5.74, 6) is 5.30. The van der Waals surface area contributed by atoms with Gasteiger partial charge in [0.25, 0.3) is 0 Å². The van der Waals surface area contributed by atoms with E-state index in [4.69, 9.17) is 17.4 Å². The molecule has 2 nitrogen and oxygen atoms in total. The molecule has 0 fully saturated rings. The first kappa shape index (κ1) is 15.0. The van der Waals surface area contributed by atoms with Gasteiger partial charge in [-0.05, 0) is 41.7 Å². The quantitative estimate of drug-likeness (QED) is 0.650. The second kappa shape index (κ2) is 6.84. The number of halogens is 2. The molecule has 0 radical (unpaired) electrons. The molecule has 1 atom stereocenters. The largest absolute Gasteiger partial charge is 0.271 e. The maximum Gasteiger partial charge on any atom is 0.127 e. The van der Waals surface area contributed by atoms with E-state index in [9.17, 15) is 4.39 Å². The first-order valence-corrected chi connectivity index (χ1v) is 7.00. The highest BCUT2D eigenvalue weighted by Crippen LogP contribution is 2.22. The van der Waals surface area contributed by atoms with Crippen molar-refractivity contribution >= 4 is 11.6 Å². The molecule has 0 spiro atoms. The minimum Gasteiger partial charge on any atom is -0.271 e. The number of hydrazine groups is 1. The van der Waals surface area contributed by atoms with Gasteiger partial charge in [-0.15, -0.1) is 0 Å². The molecule has 0 aromatic heterocycles. The van der Waals surface area contributed by atoms with E-state index in [1.54, 1.807) is 12.1 Å². The molecule has 0 aliphatic heterocycles. The van der Waals surface area contributed by atoms with Gasteiger partial charge in [0.1, 0.15) is 5.82 Å². The Morgan fingerprint density at radius 3 is 2.45 bits per heavy atom. The van der Waals surface area contributed by atoms with Gasteiger partial charge in [0.05, 0.1) is 6.04 Å². The van der Waals surface area contributed by atoms with Crippen molar-refractivity contribution in [3.05, 3.63) is 70.0 Å². The first-order chi connectivity index (χ1) is 9.63. The van der Waals surface area contributed by atoms with Crippen molar-refractivity contribution in [3.63, 3.8) is 0 Å². The molecule has 0 saturated heterocycles. The predicted molar refractivity (Wildman–Crippen MR) is 81.0 cm³/mol. The molecule has 2 aromatic carbocycles. The molecule has 0 amide bonds. The fraction of sp³-hybridized carbons (Fsp3) is 0.250. The van der Waals surface area contributed by atoms with E-state index < -0.39 is 0 Å². The summed E-state index contributed by atoms with van der Waals surface area (Å²) in [6.07, 6.45) is 1.47. The number of benzene rings is 2. The van der Waals surface area contributed by atoms with Crippen LogP contribution in [0.4, 0.5) is 4.39 Å². The molecule has 106 valence electrons. The summed E-state index contributed by atoms with van der Waals surface area (Å²) < 4.78 is 13.8. The molecule has 0 saturated carbocycles. The van der Waals surface area contributed by atoms with E-state index in [1.165, 1.54) is 11.6 Å². The number of nitrogens with two attached hydrogens (primary N) is 1. The van der Waals surface area contributed by atoms with Gasteiger partial charge in [-0.3, -0.25) is 11.3 Å². The number of nitrogens with one attached hydrogen (secondary N) is 1. The van der Waals surface area contributed by atoms with Crippen molar-refractivity contribution in [2.75, 3.05) is 0 Å². The average molecular weight is 293 g/mol. The highest BCUT2D eigenvalue weighted by atomic mass is 35.5. The van der Waals surface area contributed by atoms with Crippen LogP contribution in [0, 0.1) is 5.82 Å². The monoisotopic (exact) mass is 292 g/mol. The first-order valence-electron chi connectivity index (χ1n) is 6.63. The fourth-order valence-corrected chi connectivity index (χ4v) is 2.32. The van der Waals surface area contributed by atoms with Crippen molar-refractivity contribution < 1.29 is 4.39 Å². The summed E-state index contributed by atoms with van der Waals surface area (Å²) >= 11 is 5.76. The molecule has 1 unspecified atom stereocenters. The second-order valence-corrected chi connectivity index (χ2v) is 5.19. The van der Waals surface area contributed by atoms with E-state index in [2.05, 4.69) is 24.5 Å². The highest BCUT2D eigenvalue weighted by molar-refractivity contribution is 6.30. The Kier molecular flexibility index (Phi) is 5.12. The van der Waals surface area contributed by atoms with Gasteiger partial charge in [-0.1, -0.05) is 48.9 Å². The van der Waals surface area contributed by atoms with Crippen molar-refractivity contribution in [2.24, 2.45) is 5.84 Å². The molecule has 3 N–H and O–H groups in total. The molecule has 2 aromatic rings. The number of hydrogen-bond donors (Lipinski definition) is 2. The Morgan fingerprint density at radius 2 is 1.90 bits per heavy atom. The third kappa shape index (κ3) is 3.57. The lowest BCUT2D eigenvalue weighted by Crippen LogP contribution is -2.29. The molecule has 0 aliphatic rings. The zero-order valence-corrected chi connectivity index (χ0v) is 12.1. The van der Waals surface area contributed by atoms with Crippen LogP contribution in [0.2, 0.25) is 5.02 Å². The van der Waals surface area contributed by atoms with Crippen LogP contribution in [0.15, 0.2) is 42.5 Å². The lowest BCUT2D eigenvalue weighted by atomic mass is 9.98. The number of aryl methyl sites for hydroxylation is 1. The fourth-order valence-electron chi connectivity index (χ4n) is 2.17. The van der Waals surface area contributed by atoms with E-state index in [1.807, 2.05) is 12.1 Å². The Balaban J connectivity index is 2.19. The summed E-state index contributed by atoms with van der Waals surface area (Å²) in [6, 6.07) is 12.8. The standard InChI is InChI=1S/C16H18ClFN2/c1-2-11-3-5-12(6-4-11)16(20-19)9-13-7-8-14(17)10-15(13)18/h3-8,10,16,20H,2,9,19H2,1H3. The van der Waals surface area contributed by atoms with Crippen molar-refractivity contribution in [2.45, 2.75) is 25.8 Å². The minimum absolute atomic E-state index is 0.128. The smallest absolute Gasteiger partial charge is 0.127 e. The summed E-state index contributed by atoms with van der Waals surface area (Å²) in [5, 5.41) is 0.399. The molecule has 2 rings (SSSR count). The van der Waals surface area contributed by atoms with Crippen molar-refractivity contribution in [3.8, 4) is 0 Å². The molecule has 0 heterocycles. The van der Waals surface area contributed by atoms with Gasteiger partial charge in [0, 0.05) is 5.02 Å². The van der Waals surface area contributed by atoms with E-state index in [0.717, 1.165) is 12.0 Å². The summed E-state index contributed by atoms with van der Waals surface area (Å²) in [4.78, 5) is 0. The molecular weight excluding hydrogens is 275 g/mol. The van der Waals surface area contributed by atoms with Crippen LogP contribution < -0.4 is 11.3 Å². The molecule has 4 heteroatoms. The van der Waals surface area contributed by atoms with Crippen LogP contribution in [0.25, 0.3) is 0 Å². The molecule has 0 aliphatic carbocycles. The summed E-state index contributed by atoms with van der Waals surface area (Å²) in [6.45, 7) is 2.11. The SMILES string of the molecule is CCc1ccc(C(Cc2ccc(Cl)cc2F)NN)cc1. The zero-order chi connectivity index (χ0) is 14.5. The van der Waals surface area contributed by atoms with E-state index >= 15 is 0 Å². The van der Waals surface area contributed by atoms with Gasteiger partial charge >= 0.3 is 0 Å². The minimum atomic E-state index is -0.303.